The molecule has 3 rings (SSSR count). The Morgan fingerprint density at radius 3 is 2.39 bits per heavy atom. The molecule has 4 heteroatoms. The van der Waals surface area contributed by atoms with Crippen molar-refractivity contribution >= 4 is 0 Å². The molecule has 2 aliphatic rings. The van der Waals surface area contributed by atoms with Gasteiger partial charge in [-0.05, 0) is 32.2 Å². The first kappa shape index (κ1) is 12.2. The van der Waals surface area contributed by atoms with Gasteiger partial charge in [0, 0.05) is 12.3 Å². The largest absolute Gasteiger partial charge is 0.330 e. The van der Waals surface area contributed by atoms with E-state index in [1.165, 1.54) is 62.8 Å². The molecular formula is C14H24N4. The number of aromatic nitrogens is 3. The van der Waals surface area contributed by atoms with Crippen molar-refractivity contribution in [1.82, 2.24) is 15.0 Å². The summed E-state index contributed by atoms with van der Waals surface area (Å²) in [5.41, 5.74) is 8.33. The van der Waals surface area contributed by atoms with Crippen molar-refractivity contribution in [1.29, 1.82) is 0 Å². The van der Waals surface area contributed by atoms with Crippen LogP contribution in [0.1, 0.15) is 74.7 Å². The Morgan fingerprint density at radius 2 is 1.72 bits per heavy atom. The van der Waals surface area contributed by atoms with Crippen molar-refractivity contribution < 1.29 is 0 Å². The maximum atomic E-state index is 5.71. The third kappa shape index (κ3) is 2.18. The van der Waals surface area contributed by atoms with Crippen molar-refractivity contribution in [3.05, 3.63) is 11.4 Å². The van der Waals surface area contributed by atoms with Crippen LogP contribution in [0, 0.1) is 0 Å². The first-order valence-electron chi connectivity index (χ1n) is 7.54. The molecule has 4 nitrogen and oxygen atoms in total. The molecule has 0 spiro atoms. The van der Waals surface area contributed by atoms with Gasteiger partial charge in [0.2, 0.25) is 0 Å². The van der Waals surface area contributed by atoms with Crippen molar-refractivity contribution in [2.75, 3.05) is 6.54 Å². The predicted octanol–water partition coefficient (Wildman–Crippen LogP) is 2.55. The van der Waals surface area contributed by atoms with Gasteiger partial charge in [-0.2, -0.15) is 0 Å². The molecule has 0 atom stereocenters. The number of hydrogen-bond acceptors (Lipinski definition) is 3. The SMILES string of the molecule is NCCc1nnn(C2CCCC2)c1C1CCCC1. The topological polar surface area (TPSA) is 56.7 Å². The van der Waals surface area contributed by atoms with Gasteiger partial charge in [0.25, 0.3) is 0 Å². The Kier molecular flexibility index (Phi) is 3.64. The third-order valence-corrected chi connectivity index (χ3v) is 4.60. The smallest absolute Gasteiger partial charge is 0.0874 e. The molecule has 100 valence electrons. The summed E-state index contributed by atoms with van der Waals surface area (Å²) in [6.07, 6.45) is 11.5. The molecule has 2 aliphatic carbocycles. The van der Waals surface area contributed by atoms with Crippen LogP contribution in [0.3, 0.4) is 0 Å². The molecule has 2 fully saturated rings. The minimum absolute atomic E-state index is 0.611. The lowest BCUT2D eigenvalue weighted by atomic mass is 9.99. The lowest BCUT2D eigenvalue weighted by Gasteiger charge is -2.18. The van der Waals surface area contributed by atoms with E-state index < -0.39 is 0 Å². The summed E-state index contributed by atoms with van der Waals surface area (Å²) >= 11 is 0. The van der Waals surface area contributed by atoms with E-state index in [0.29, 0.717) is 18.5 Å². The fourth-order valence-corrected chi connectivity index (χ4v) is 3.69. The minimum Gasteiger partial charge on any atom is -0.330 e. The average molecular weight is 248 g/mol. The molecule has 1 heterocycles. The second-order valence-electron chi connectivity index (χ2n) is 5.82. The fraction of sp³-hybridized carbons (Fsp3) is 0.857. The van der Waals surface area contributed by atoms with Gasteiger partial charge in [0.15, 0.2) is 0 Å². The summed E-state index contributed by atoms with van der Waals surface area (Å²) in [6.45, 7) is 0.684. The van der Waals surface area contributed by atoms with Crippen LogP contribution < -0.4 is 5.73 Å². The molecule has 0 amide bonds. The van der Waals surface area contributed by atoms with Gasteiger partial charge in [-0.25, -0.2) is 4.68 Å². The van der Waals surface area contributed by atoms with E-state index >= 15 is 0 Å². The highest BCUT2D eigenvalue weighted by atomic mass is 15.4. The Bertz CT molecular complexity index is 386. The van der Waals surface area contributed by atoms with E-state index in [9.17, 15) is 0 Å². The van der Waals surface area contributed by atoms with E-state index in [1.54, 1.807) is 0 Å². The van der Waals surface area contributed by atoms with Gasteiger partial charge in [-0.3, -0.25) is 0 Å². The number of rotatable bonds is 4. The van der Waals surface area contributed by atoms with Crippen molar-refractivity contribution in [3.8, 4) is 0 Å². The second kappa shape index (κ2) is 5.39. The zero-order chi connectivity index (χ0) is 12.4. The fourth-order valence-electron chi connectivity index (χ4n) is 3.69. The van der Waals surface area contributed by atoms with Crippen LogP contribution in [0.25, 0.3) is 0 Å². The van der Waals surface area contributed by atoms with E-state index in [0.717, 1.165) is 6.42 Å². The van der Waals surface area contributed by atoms with Crippen molar-refractivity contribution in [2.24, 2.45) is 5.73 Å². The summed E-state index contributed by atoms with van der Waals surface area (Å²) in [6, 6.07) is 0.611. The average Bonchev–Trinajstić information content (AvgIpc) is 3.10. The maximum Gasteiger partial charge on any atom is 0.0874 e. The van der Waals surface area contributed by atoms with Crippen molar-refractivity contribution in [3.63, 3.8) is 0 Å². The van der Waals surface area contributed by atoms with E-state index in [-0.39, 0.29) is 0 Å². The van der Waals surface area contributed by atoms with E-state index in [1.807, 2.05) is 0 Å². The normalized spacial score (nSPS) is 22.1. The predicted molar refractivity (Wildman–Crippen MR) is 71.5 cm³/mol. The van der Waals surface area contributed by atoms with Crippen LogP contribution in [0.15, 0.2) is 0 Å². The maximum absolute atomic E-state index is 5.71. The quantitative estimate of drug-likeness (QED) is 0.891. The highest BCUT2D eigenvalue weighted by molar-refractivity contribution is 5.18. The van der Waals surface area contributed by atoms with Crippen LogP contribution in [-0.4, -0.2) is 21.5 Å². The monoisotopic (exact) mass is 248 g/mol. The van der Waals surface area contributed by atoms with Gasteiger partial charge in [0.1, 0.15) is 0 Å². The zero-order valence-electron chi connectivity index (χ0n) is 11.1. The molecular weight excluding hydrogens is 224 g/mol. The number of nitrogens with two attached hydrogens (primary N) is 1. The summed E-state index contributed by atoms with van der Waals surface area (Å²) < 4.78 is 2.27. The van der Waals surface area contributed by atoms with Crippen LogP contribution in [0.2, 0.25) is 0 Å². The zero-order valence-corrected chi connectivity index (χ0v) is 11.1. The number of nitrogens with zero attached hydrogens (tertiary/aromatic N) is 3. The van der Waals surface area contributed by atoms with Crippen LogP contribution in [0.5, 0.6) is 0 Å². The first-order chi connectivity index (χ1) is 8.90. The standard InChI is InChI=1S/C14H24N4/c15-10-9-13-14(11-5-1-2-6-11)18(17-16-13)12-7-3-4-8-12/h11-12H,1-10,15H2. The van der Waals surface area contributed by atoms with E-state index in [4.69, 9.17) is 5.73 Å². The Balaban J connectivity index is 1.91. The molecule has 1 aromatic rings. The number of hydrogen-bond donors (Lipinski definition) is 1. The lowest BCUT2D eigenvalue weighted by Crippen LogP contribution is -2.14. The molecule has 2 saturated carbocycles. The molecule has 0 aromatic carbocycles. The van der Waals surface area contributed by atoms with Gasteiger partial charge in [-0.1, -0.05) is 30.9 Å². The second-order valence-corrected chi connectivity index (χ2v) is 5.82. The Morgan fingerprint density at radius 1 is 1.06 bits per heavy atom. The summed E-state index contributed by atoms with van der Waals surface area (Å²) in [5, 5.41) is 8.90. The summed E-state index contributed by atoms with van der Waals surface area (Å²) in [4.78, 5) is 0. The molecule has 0 bridgehead atoms. The highest BCUT2D eigenvalue weighted by Gasteiger charge is 2.29. The van der Waals surface area contributed by atoms with Gasteiger partial charge >= 0.3 is 0 Å². The first-order valence-corrected chi connectivity index (χ1v) is 7.54. The van der Waals surface area contributed by atoms with E-state index in [2.05, 4.69) is 15.0 Å². The Hall–Kier alpha value is -0.900. The van der Waals surface area contributed by atoms with Crippen LogP contribution in [-0.2, 0) is 6.42 Å². The van der Waals surface area contributed by atoms with Crippen molar-refractivity contribution in [2.45, 2.75) is 69.7 Å². The lowest BCUT2D eigenvalue weighted by molar-refractivity contribution is 0.424. The molecule has 0 radical (unpaired) electrons. The minimum atomic E-state index is 0.611. The van der Waals surface area contributed by atoms with Crippen LogP contribution >= 0.6 is 0 Å². The Labute approximate surface area is 109 Å². The summed E-state index contributed by atoms with van der Waals surface area (Å²) in [7, 11) is 0. The molecule has 0 unspecified atom stereocenters. The molecule has 2 N–H and O–H groups in total. The third-order valence-electron chi connectivity index (χ3n) is 4.60. The molecule has 0 aliphatic heterocycles. The molecule has 18 heavy (non-hydrogen) atoms. The highest BCUT2D eigenvalue weighted by Crippen LogP contribution is 2.39. The van der Waals surface area contributed by atoms with Gasteiger partial charge in [-0.15, -0.1) is 5.10 Å². The molecule has 0 saturated heterocycles. The summed E-state index contributed by atoms with van der Waals surface area (Å²) in [5.74, 6) is 0.696. The van der Waals surface area contributed by atoms with Gasteiger partial charge in [0.05, 0.1) is 17.4 Å². The molecule has 1 aromatic heterocycles. The van der Waals surface area contributed by atoms with Gasteiger partial charge < -0.3 is 5.73 Å². The van der Waals surface area contributed by atoms with Crippen LogP contribution in [0.4, 0.5) is 0 Å².